The molecule has 4 aromatic rings. The average Bonchev–Trinajstić information content (AvgIpc) is 3.04. The number of benzene rings is 3. The molecule has 1 aliphatic heterocycles. The first kappa shape index (κ1) is 19.9. The first-order chi connectivity index (χ1) is 15.1. The number of hydrogen-bond acceptors (Lipinski definition) is 4. The number of thioether (sulfide) groups is 1. The molecule has 0 radical (unpaired) electrons. The Bertz CT molecular complexity index is 1320. The maximum atomic E-state index is 13.1. The van der Waals surface area contributed by atoms with Crippen LogP contribution in [0, 0.1) is 4.77 Å². The molecule has 5 rings (SSSR count). The van der Waals surface area contributed by atoms with Crippen molar-refractivity contribution in [2.75, 3.05) is 19.4 Å². The van der Waals surface area contributed by atoms with Crippen LogP contribution in [0.25, 0.3) is 22.2 Å². The van der Waals surface area contributed by atoms with Crippen LogP contribution in [0.5, 0.6) is 5.75 Å². The minimum atomic E-state index is 0.0239. The maximum Gasteiger partial charge on any atom is 0.254 e. The summed E-state index contributed by atoms with van der Waals surface area (Å²) in [5.41, 5.74) is 5.81. The zero-order valence-corrected chi connectivity index (χ0v) is 18.6. The Morgan fingerprint density at radius 2 is 1.74 bits per heavy atom. The number of ether oxygens (including phenoxy) is 1. The van der Waals surface area contributed by atoms with Crippen LogP contribution in [0.2, 0.25) is 0 Å². The molecular formula is C24H21N3O2S2. The van der Waals surface area contributed by atoms with Gasteiger partial charge < -0.3 is 19.6 Å². The van der Waals surface area contributed by atoms with E-state index in [0.717, 1.165) is 38.4 Å². The molecule has 0 atom stereocenters. The number of hydrogen-bond donors (Lipinski definition) is 2. The number of amides is 1. The Labute approximate surface area is 189 Å². The number of nitrogens with zero attached hydrogens (tertiary/aromatic N) is 1. The van der Waals surface area contributed by atoms with Gasteiger partial charge in [0.1, 0.15) is 12.4 Å². The lowest BCUT2D eigenvalue weighted by Gasteiger charge is -2.20. The number of aromatic nitrogens is 2. The van der Waals surface area contributed by atoms with Gasteiger partial charge in [-0.15, -0.1) is 11.8 Å². The molecule has 0 spiro atoms. The van der Waals surface area contributed by atoms with Crippen LogP contribution in [0.4, 0.5) is 0 Å². The van der Waals surface area contributed by atoms with Gasteiger partial charge in [0.25, 0.3) is 5.91 Å². The summed E-state index contributed by atoms with van der Waals surface area (Å²) in [5, 5.41) is 0. The first-order valence-corrected chi connectivity index (χ1v) is 11.7. The van der Waals surface area contributed by atoms with E-state index in [1.807, 2.05) is 47.6 Å². The van der Waals surface area contributed by atoms with E-state index in [0.29, 0.717) is 30.0 Å². The van der Waals surface area contributed by atoms with Crippen LogP contribution < -0.4 is 4.74 Å². The minimum Gasteiger partial charge on any atom is -0.491 e. The molecule has 7 heteroatoms. The summed E-state index contributed by atoms with van der Waals surface area (Å²) in [4.78, 5) is 22.4. The van der Waals surface area contributed by atoms with Gasteiger partial charge >= 0.3 is 0 Å². The number of H-pyrrole nitrogens is 2. The molecule has 1 aliphatic rings. The number of nitrogens with one attached hydrogen (secondary N) is 2. The Morgan fingerprint density at radius 3 is 2.55 bits per heavy atom. The molecule has 31 heavy (non-hydrogen) atoms. The van der Waals surface area contributed by atoms with Gasteiger partial charge in [-0.2, -0.15) is 0 Å². The van der Waals surface area contributed by atoms with Crippen molar-refractivity contribution < 1.29 is 9.53 Å². The molecule has 5 nitrogen and oxygen atoms in total. The molecule has 0 bridgehead atoms. The summed E-state index contributed by atoms with van der Waals surface area (Å²) in [5.74, 6) is 0.856. The van der Waals surface area contributed by atoms with Gasteiger partial charge in [0.05, 0.1) is 17.6 Å². The molecule has 1 aromatic heterocycles. The summed E-state index contributed by atoms with van der Waals surface area (Å²) in [6, 6.07) is 20.1. The van der Waals surface area contributed by atoms with E-state index in [9.17, 15) is 4.79 Å². The van der Waals surface area contributed by atoms with E-state index in [-0.39, 0.29) is 5.91 Å². The number of fused-ring (bicyclic) bond motifs is 2. The Morgan fingerprint density at radius 1 is 1.00 bits per heavy atom. The highest BCUT2D eigenvalue weighted by atomic mass is 32.2. The fourth-order valence-corrected chi connectivity index (χ4v) is 4.50. The molecule has 0 saturated carbocycles. The van der Waals surface area contributed by atoms with E-state index >= 15 is 0 Å². The second-order valence-corrected chi connectivity index (χ2v) is 8.75. The smallest absolute Gasteiger partial charge is 0.254 e. The topological polar surface area (TPSA) is 61.1 Å². The highest BCUT2D eigenvalue weighted by Crippen LogP contribution is 2.31. The molecule has 1 amide bonds. The van der Waals surface area contributed by atoms with E-state index in [1.54, 1.807) is 11.8 Å². The van der Waals surface area contributed by atoms with Gasteiger partial charge in [-0.05, 0) is 78.1 Å². The van der Waals surface area contributed by atoms with E-state index in [2.05, 4.69) is 34.2 Å². The lowest BCUT2D eigenvalue weighted by molar-refractivity contribution is 0.0733. The Kier molecular flexibility index (Phi) is 5.29. The lowest BCUT2D eigenvalue weighted by Crippen LogP contribution is -2.32. The molecule has 2 heterocycles. The number of imidazole rings is 1. The monoisotopic (exact) mass is 447 g/mol. The molecule has 3 aromatic carbocycles. The molecule has 0 unspecified atom stereocenters. The predicted octanol–water partition coefficient (Wildman–Crippen LogP) is 5.65. The second-order valence-electron chi connectivity index (χ2n) is 7.47. The van der Waals surface area contributed by atoms with Gasteiger partial charge in [0, 0.05) is 22.6 Å². The lowest BCUT2D eigenvalue weighted by atomic mass is 10.0. The van der Waals surface area contributed by atoms with Gasteiger partial charge in [0.15, 0.2) is 4.77 Å². The number of rotatable bonds is 3. The largest absolute Gasteiger partial charge is 0.491 e. The summed E-state index contributed by atoms with van der Waals surface area (Å²) < 4.78 is 6.56. The Hall–Kier alpha value is -3.03. The van der Waals surface area contributed by atoms with Crippen LogP contribution in [-0.2, 0) is 6.54 Å². The van der Waals surface area contributed by atoms with E-state index in [1.165, 1.54) is 0 Å². The molecule has 0 fully saturated rings. The van der Waals surface area contributed by atoms with Crippen LogP contribution in [0.3, 0.4) is 0 Å². The van der Waals surface area contributed by atoms with Crippen molar-refractivity contribution in [1.29, 1.82) is 0 Å². The molecule has 0 saturated heterocycles. The number of aromatic amines is 2. The first-order valence-electron chi connectivity index (χ1n) is 10.0. The normalized spacial score (nSPS) is 13.5. The maximum absolute atomic E-state index is 13.1. The van der Waals surface area contributed by atoms with Crippen LogP contribution in [-0.4, -0.2) is 40.2 Å². The van der Waals surface area contributed by atoms with Crippen LogP contribution in [0.15, 0.2) is 65.6 Å². The third kappa shape index (κ3) is 3.98. The standard InChI is InChI=1S/C24H21N3O2S2/c1-31-19-6-2-15(3-7-19)23(28)27-10-11-29-22-9-5-16(12-18(22)14-27)17-4-8-20-21(13-17)26-24(30)25-20/h2-9,12-13H,10-11,14H2,1H3,(H2,25,26,30). The Balaban J connectivity index is 1.45. The highest BCUT2D eigenvalue weighted by molar-refractivity contribution is 7.98. The van der Waals surface area contributed by atoms with Crippen LogP contribution >= 0.6 is 24.0 Å². The van der Waals surface area contributed by atoms with Gasteiger partial charge in [-0.25, -0.2) is 0 Å². The zero-order chi connectivity index (χ0) is 21.4. The highest BCUT2D eigenvalue weighted by Gasteiger charge is 2.21. The summed E-state index contributed by atoms with van der Waals surface area (Å²) in [6.07, 6.45) is 2.03. The fraction of sp³-hybridized carbons (Fsp3) is 0.167. The molecule has 0 aliphatic carbocycles. The van der Waals surface area contributed by atoms with Crippen molar-refractivity contribution in [2.45, 2.75) is 11.4 Å². The average molecular weight is 448 g/mol. The number of carbonyl (C=O) groups excluding carboxylic acids is 1. The van der Waals surface area contributed by atoms with E-state index < -0.39 is 0 Å². The third-order valence-corrected chi connectivity index (χ3v) is 6.46. The summed E-state index contributed by atoms with van der Waals surface area (Å²) >= 11 is 6.86. The fourth-order valence-electron chi connectivity index (χ4n) is 3.88. The van der Waals surface area contributed by atoms with Crippen LogP contribution in [0.1, 0.15) is 15.9 Å². The van der Waals surface area contributed by atoms with Crippen molar-refractivity contribution in [2.24, 2.45) is 0 Å². The van der Waals surface area contributed by atoms with Gasteiger partial charge in [-0.1, -0.05) is 12.1 Å². The number of carbonyl (C=O) groups is 1. The van der Waals surface area contributed by atoms with Crippen molar-refractivity contribution in [1.82, 2.24) is 14.9 Å². The van der Waals surface area contributed by atoms with Gasteiger partial charge in [0.2, 0.25) is 0 Å². The van der Waals surface area contributed by atoms with Crippen molar-refractivity contribution >= 4 is 40.9 Å². The SMILES string of the molecule is CSc1ccc(C(=O)N2CCOc3ccc(-c4ccc5[nH]c(=S)[nH]c5c4)cc3C2)cc1. The quantitative estimate of drug-likeness (QED) is 0.315. The minimum absolute atomic E-state index is 0.0239. The predicted molar refractivity (Wildman–Crippen MR) is 127 cm³/mol. The molecular weight excluding hydrogens is 426 g/mol. The van der Waals surface area contributed by atoms with Crippen molar-refractivity contribution in [3.63, 3.8) is 0 Å². The van der Waals surface area contributed by atoms with Gasteiger partial charge in [-0.3, -0.25) is 4.79 Å². The second kappa shape index (κ2) is 8.24. The molecule has 156 valence electrons. The molecule has 2 N–H and O–H groups in total. The summed E-state index contributed by atoms with van der Waals surface area (Å²) in [6.45, 7) is 1.55. The van der Waals surface area contributed by atoms with Crippen molar-refractivity contribution in [3.05, 3.63) is 76.6 Å². The van der Waals surface area contributed by atoms with Crippen molar-refractivity contribution in [3.8, 4) is 16.9 Å². The zero-order valence-electron chi connectivity index (χ0n) is 17.0. The third-order valence-electron chi connectivity index (χ3n) is 5.51. The van der Waals surface area contributed by atoms with E-state index in [4.69, 9.17) is 17.0 Å². The summed E-state index contributed by atoms with van der Waals surface area (Å²) in [7, 11) is 0.